The van der Waals surface area contributed by atoms with Crippen LogP contribution in [0.2, 0.25) is 0 Å². The minimum absolute atomic E-state index is 0.116. The number of ether oxygens (including phenoxy) is 2. The van der Waals surface area contributed by atoms with E-state index in [1.807, 2.05) is 56.0 Å². The first kappa shape index (κ1) is 41.9. The lowest BCUT2D eigenvalue weighted by Gasteiger charge is -2.30. The molecule has 0 spiro atoms. The fourth-order valence-corrected chi connectivity index (χ4v) is 8.44. The summed E-state index contributed by atoms with van der Waals surface area (Å²) in [7, 11) is 2.58. The normalized spacial score (nSPS) is 20.1. The van der Waals surface area contributed by atoms with E-state index in [0.29, 0.717) is 24.6 Å². The second kappa shape index (κ2) is 17.5. The summed E-state index contributed by atoms with van der Waals surface area (Å²) >= 11 is 0. The Hall–Kier alpha value is -6.25. The van der Waals surface area contributed by atoms with Crippen molar-refractivity contribution in [2.75, 3.05) is 27.3 Å². The first-order chi connectivity index (χ1) is 28.7. The van der Waals surface area contributed by atoms with Gasteiger partial charge in [0, 0.05) is 24.8 Å². The number of nitrogens with one attached hydrogen (secondary N) is 4. The number of alkyl carbamates (subject to hydrolysis) is 2. The van der Waals surface area contributed by atoms with E-state index in [4.69, 9.17) is 19.4 Å². The van der Waals surface area contributed by atoms with Gasteiger partial charge >= 0.3 is 12.2 Å². The molecular weight excluding hydrogens is 763 g/mol. The average molecular weight is 818 g/mol. The molecule has 316 valence electrons. The lowest BCUT2D eigenvalue weighted by atomic mass is 10.00. The summed E-state index contributed by atoms with van der Waals surface area (Å²) in [5, 5.41) is 5.42. The number of pyridine rings is 1. The highest BCUT2D eigenvalue weighted by Crippen LogP contribution is 2.38. The molecule has 60 heavy (non-hydrogen) atoms. The van der Waals surface area contributed by atoms with Gasteiger partial charge in [-0.3, -0.25) is 9.59 Å². The molecule has 15 heteroatoms. The van der Waals surface area contributed by atoms with Crippen LogP contribution in [0.5, 0.6) is 0 Å². The maximum absolute atomic E-state index is 13.8. The lowest BCUT2D eigenvalue weighted by molar-refractivity contribution is -0.136. The van der Waals surface area contributed by atoms with E-state index in [1.54, 1.807) is 0 Å². The van der Waals surface area contributed by atoms with Gasteiger partial charge < -0.3 is 39.9 Å². The number of aromatic amines is 2. The van der Waals surface area contributed by atoms with E-state index in [9.17, 15) is 19.2 Å². The number of nitrogens with zero attached hydrogens (tertiary/aromatic N) is 5. The van der Waals surface area contributed by atoms with Crippen LogP contribution in [0.1, 0.15) is 78.1 Å². The Morgan fingerprint density at radius 1 is 0.650 bits per heavy atom. The molecule has 7 rings (SSSR count). The van der Waals surface area contributed by atoms with Crippen LogP contribution in [0.3, 0.4) is 0 Å². The Morgan fingerprint density at radius 2 is 1.12 bits per heavy atom. The summed E-state index contributed by atoms with van der Waals surface area (Å²) < 4.78 is 9.57. The van der Waals surface area contributed by atoms with Crippen molar-refractivity contribution in [2.24, 2.45) is 23.7 Å². The van der Waals surface area contributed by atoms with Gasteiger partial charge in [-0.2, -0.15) is 0 Å². The van der Waals surface area contributed by atoms with E-state index in [0.717, 1.165) is 57.7 Å². The molecule has 2 aliphatic heterocycles. The Morgan fingerprint density at radius 3 is 1.60 bits per heavy atom. The molecule has 2 aromatic carbocycles. The van der Waals surface area contributed by atoms with Crippen molar-refractivity contribution in [3.05, 3.63) is 78.6 Å². The fraction of sp³-hybridized carbons (Fsp3) is 0.444. The molecule has 0 saturated carbocycles. The minimum atomic E-state index is -0.717. The largest absolute Gasteiger partial charge is 0.453 e. The van der Waals surface area contributed by atoms with E-state index < -0.39 is 24.3 Å². The predicted molar refractivity (Wildman–Crippen MR) is 227 cm³/mol. The second-order valence-electron chi connectivity index (χ2n) is 17.0. The van der Waals surface area contributed by atoms with Gasteiger partial charge in [-0.25, -0.2) is 24.5 Å². The summed E-state index contributed by atoms with van der Waals surface area (Å²) in [4.78, 5) is 76.3. The van der Waals surface area contributed by atoms with E-state index >= 15 is 0 Å². The highest BCUT2D eigenvalue weighted by Gasteiger charge is 2.41. The van der Waals surface area contributed by atoms with Gasteiger partial charge in [-0.1, -0.05) is 90.1 Å². The molecule has 2 saturated heterocycles. The molecule has 15 nitrogen and oxygen atoms in total. The van der Waals surface area contributed by atoms with E-state index in [2.05, 4.69) is 88.0 Å². The second-order valence-corrected chi connectivity index (χ2v) is 17.0. The van der Waals surface area contributed by atoms with Crippen molar-refractivity contribution in [1.82, 2.24) is 45.4 Å². The number of fused-ring (bicyclic) bond motifs is 1. The maximum atomic E-state index is 13.8. The SMILES string of the molecule is COC(=O)NC(C(=O)N1C[C@@H](C)C[C@@H]1c1ncc(-c2ccc(-c3ccc(-c4cnc5nc([C@@H]6C[C@H](C)CN6C(=O)C(NC(=O)OC)C(C)C)[nH]c5c4)cc3)cc2)[nH]1)C(C)C. The third-order valence-electron chi connectivity index (χ3n) is 11.7. The molecule has 0 bridgehead atoms. The Bertz CT molecular complexity index is 2340. The number of rotatable bonds is 11. The van der Waals surface area contributed by atoms with Crippen molar-refractivity contribution in [2.45, 2.75) is 78.6 Å². The molecule has 3 aromatic heterocycles. The van der Waals surface area contributed by atoms with Crippen molar-refractivity contribution in [3.63, 3.8) is 0 Å². The van der Waals surface area contributed by atoms with Crippen LogP contribution in [0.15, 0.2) is 67.0 Å². The molecule has 5 aromatic rings. The Balaban J connectivity index is 1.03. The third-order valence-corrected chi connectivity index (χ3v) is 11.7. The van der Waals surface area contributed by atoms with Gasteiger partial charge in [0.15, 0.2) is 5.65 Å². The highest BCUT2D eigenvalue weighted by atomic mass is 16.5. The molecule has 0 aliphatic carbocycles. The number of likely N-dealkylation sites (tertiary alicyclic amines) is 2. The monoisotopic (exact) mass is 817 g/mol. The quantitative estimate of drug-likeness (QED) is 0.106. The molecule has 4 amide bonds. The molecule has 0 radical (unpaired) electrons. The minimum Gasteiger partial charge on any atom is -0.453 e. The summed E-state index contributed by atoms with van der Waals surface area (Å²) in [6, 6.07) is 16.7. The number of carbonyl (C=O) groups is 4. The zero-order valence-corrected chi connectivity index (χ0v) is 35.5. The van der Waals surface area contributed by atoms with Gasteiger partial charge in [0.2, 0.25) is 11.8 Å². The van der Waals surface area contributed by atoms with Crippen LogP contribution >= 0.6 is 0 Å². The molecule has 2 aliphatic rings. The van der Waals surface area contributed by atoms with Crippen LogP contribution in [-0.2, 0) is 19.1 Å². The molecule has 2 fully saturated rings. The maximum Gasteiger partial charge on any atom is 0.407 e. The van der Waals surface area contributed by atoms with Crippen LogP contribution in [0.4, 0.5) is 9.59 Å². The molecular formula is C45H55N9O6. The van der Waals surface area contributed by atoms with Gasteiger partial charge in [0.05, 0.1) is 43.7 Å². The van der Waals surface area contributed by atoms with Gasteiger partial charge in [0.1, 0.15) is 23.7 Å². The van der Waals surface area contributed by atoms with Crippen molar-refractivity contribution < 1.29 is 28.7 Å². The van der Waals surface area contributed by atoms with Crippen LogP contribution in [0, 0.1) is 23.7 Å². The van der Waals surface area contributed by atoms with E-state index in [1.165, 1.54) is 14.2 Å². The molecule has 2 unspecified atom stereocenters. The first-order valence-electron chi connectivity index (χ1n) is 20.7. The van der Waals surface area contributed by atoms with Gasteiger partial charge in [0.25, 0.3) is 0 Å². The number of hydrogen-bond donors (Lipinski definition) is 4. The number of imidazole rings is 2. The topological polar surface area (TPSA) is 188 Å². The van der Waals surface area contributed by atoms with Crippen molar-refractivity contribution in [3.8, 4) is 33.5 Å². The van der Waals surface area contributed by atoms with Gasteiger partial charge in [-0.15, -0.1) is 0 Å². The number of carbonyl (C=O) groups excluding carboxylic acids is 4. The zero-order valence-electron chi connectivity index (χ0n) is 35.5. The smallest absolute Gasteiger partial charge is 0.407 e. The standard InChI is InChI=1S/C45H55N9O6/c1-24(2)37(50-44(57)59-7)42(55)53-22-26(5)17-35(53)40-47-21-34(49-40)31-15-13-29(14-16-31)28-9-11-30(12-10-28)32-19-33-39(46-20-32)52-41(48-33)36-18-27(6)23-54(36)43(56)38(25(3)4)51-45(58)60-8/h9-16,19-21,24-27,35-38H,17-18,22-23H2,1-8H3,(H,47,49)(H,50,57)(H,51,58)(H,46,48,52)/t26-,27-,35+,36-,37?,38?/m0/s1. The lowest BCUT2D eigenvalue weighted by Crippen LogP contribution is -2.51. The number of aromatic nitrogens is 5. The summed E-state index contributed by atoms with van der Waals surface area (Å²) in [6.07, 6.45) is 3.87. The molecule has 5 heterocycles. The number of benzene rings is 2. The average Bonchev–Trinajstić information content (AvgIpc) is 4.06. The fourth-order valence-electron chi connectivity index (χ4n) is 8.44. The zero-order chi connectivity index (χ0) is 42.8. The van der Waals surface area contributed by atoms with Crippen LogP contribution in [-0.4, -0.2) is 98.1 Å². The van der Waals surface area contributed by atoms with Crippen LogP contribution in [0.25, 0.3) is 44.7 Å². The van der Waals surface area contributed by atoms with Crippen molar-refractivity contribution in [1.29, 1.82) is 0 Å². The summed E-state index contributed by atoms with van der Waals surface area (Å²) in [5.74, 6) is 1.38. The number of amides is 4. The highest BCUT2D eigenvalue weighted by molar-refractivity contribution is 5.87. The summed E-state index contributed by atoms with van der Waals surface area (Å²) in [6.45, 7) is 13.0. The molecule has 6 atom stereocenters. The van der Waals surface area contributed by atoms with Crippen molar-refractivity contribution >= 4 is 35.2 Å². The third kappa shape index (κ3) is 8.70. The number of H-pyrrole nitrogens is 2. The molecule has 4 N–H and O–H groups in total. The van der Waals surface area contributed by atoms with Crippen LogP contribution < -0.4 is 10.6 Å². The number of hydrogen-bond acceptors (Lipinski definition) is 9. The summed E-state index contributed by atoms with van der Waals surface area (Å²) in [5.41, 5.74) is 7.23. The Labute approximate surface area is 350 Å². The number of methoxy groups -OCH3 is 2. The Kier molecular flexibility index (Phi) is 12.2. The van der Waals surface area contributed by atoms with E-state index in [-0.39, 0.29) is 47.6 Å². The van der Waals surface area contributed by atoms with Gasteiger partial charge in [-0.05, 0) is 64.8 Å². The first-order valence-corrected chi connectivity index (χ1v) is 20.7. The predicted octanol–water partition coefficient (Wildman–Crippen LogP) is 7.26.